The minimum absolute atomic E-state index is 0. The average molecular weight is 551 g/mol. The molecule has 0 saturated carbocycles. The standard InChI is InChI=1S/C23H27ClN6.HI/c1-2-25-23(28-14-10-18-7-3-6-17-8-4-12-26-21(17)18)29-19-11-15-30(16-19)22-20(24)9-5-13-27-22;/h3-9,12-13,19H,2,10-11,14-16H2,1H3,(H2,25,28,29);1H. The first-order chi connectivity index (χ1) is 14.7. The number of nitrogens with one attached hydrogen (secondary N) is 2. The molecule has 31 heavy (non-hydrogen) atoms. The highest BCUT2D eigenvalue weighted by molar-refractivity contribution is 14.0. The molecule has 0 spiro atoms. The number of para-hydroxylation sites is 1. The minimum atomic E-state index is 0. The highest BCUT2D eigenvalue weighted by atomic mass is 127. The SMILES string of the molecule is CCNC(=NCCc1cccc2cccnc12)NC1CCN(c2ncccc2Cl)C1.I. The molecule has 2 N–H and O–H groups in total. The van der Waals surface area contributed by atoms with Gasteiger partial charge in [0.15, 0.2) is 5.96 Å². The molecule has 0 amide bonds. The molecule has 1 fully saturated rings. The fourth-order valence-electron chi connectivity index (χ4n) is 3.85. The van der Waals surface area contributed by atoms with Crippen LogP contribution in [0.5, 0.6) is 0 Å². The van der Waals surface area contributed by atoms with Crippen LogP contribution in [0.15, 0.2) is 59.9 Å². The zero-order chi connectivity index (χ0) is 20.8. The molecule has 164 valence electrons. The van der Waals surface area contributed by atoms with Crippen molar-refractivity contribution >= 4 is 58.3 Å². The van der Waals surface area contributed by atoms with Crippen molar-refractivity contribution in [2.45, 2.75) is 25.8 Å². The second-order valence-electron chi connectivity index (χ2n) is 7.39. The monoisotopic (exact) mass is 550 g/mol. The molecule has 0 aliphatic carbocycles. The van der Waals surface area contributed by atoms with Crippen LogP contribution < -0.4 is 15.5 Å². The van der Waals surface area contributed by atoms with Gasteiger partial charge < -0.3 is 15.5 Å². The summed E-state index contributed by atoms with van der Waals surface area (Å²) in [6.07, 6.45) is 5.51. The zero-order valence-corrected chi connectivity index (χ0v) is 20.7. The molecule has 1 unspecified atom stereocenters. The van der Waals surface area contributed by atoms with Gasteiger partial charge in [-0.3, -0.25) is 9.98 Å². The van der Waals surface area contributed by atoms with Gasteiger partial charge in [0, 0.05) is 50.0 Å². The topological polar surface area (TPSA) is 65.4 Å². The van der Waals surface area contributed by atoms with Crippen molar-refractivity contribution in [2.75, 3.05) is 31.1 Å². The Morgan fingerprint density at radius 2 is 1.97 bits per heavy atom. The van der Waals surface area contributed by atoms with Crippen LogP contribution in [0.25, 0.3) is 10.9 Å². The molecule has 1 atom stereocenters. The summed E-state index contributed by atoms with van der Waals surface area (Å²) in [7, 11) is 0. The van der Waals surface area contributed by atoms with Crippen LogP contribution in [0.1, 0.15) is 18.9 Å². The van der Waals surface area contributed by atoms with E-state index in [1.807, 2.05) is 24.4 Å². The number of pyridine rings is 2. The highest BCUT2D eigenvalue weighted by Gasteiger charge is 2.25. The van der Waals surface area contributed by atoms with Crippen LogP contribution in [0.4, 0.5) is 5.82 Å². The molecule has 2 aromatic heterocycles. The Bertz CT molecular complexity index is 1020. The van der Waals surface area contributed by atoms with E-state index in [4.69, 9.17) is 16.6 Å². The first kappa shape index (κ1) is 23.5. The number of anilines is 1. The fourth-order valence-corrected chi connectivity index (χ4v) is 4.09. The first-order valence-electron chi connectivity index (χ1n) is 10.5. The number of aromatic nitrogens is 2. The molecular formula is C23H28ClIN6. The lowest BCUT2D eigenvalue weighted by Gasteiger charge is -2.20. The Balaban J connectivity index is 0.00000272. The third-order valence-electron chi connectivity index (χ3n) is 5.28. The van der Waals surface area contributed by atoms with Gasteiger partial charge in [0.1, 0.15) is 5.82 Å². The van der Waals surface area contributed by atoms with E-state index in [2.05, 4.69) is 56.7 Å². The number of guanidine groups is 1. The lowest BCUT2D eigenvalue weighted by molar-refractivity contribution is 0.648. The Kier molecular flexibility index (Phi) is 8.71. The third-order valence-corrected chi connectivity index (χ3v) is 5.57. The van der Waals surface area contributed by atoms with E-state index in [9.17, 15) is 0 Å². The van der Waals surface area contributed by atoms with Crippen LogP contribution in [0.3, 0.4) is 0 Å². The Labute approximate surface area is 205 Å². The summed E-state index contributed by atoms with van der Waals surface area (Å²) in [6.45, 7) is 5.39. The van der Waals surface area contributed by atoms with Crippen molar-refractivity contribution < 1.29 is 0 Å². The van der Waals surface area contributed by atoms with E-state index in [0.29, 0.717) is 17.6 Å². The summed E-state index contributed by atoms with van der Waals surface area (Å²) < 4.78 is 0. The van der Waals surface area contributed by atoms with Crippen molar-refractivity contribution in [1.82, 2.24) is 20.6 Å². The van der Waals surface area contributed by atoms with Crippen LogP contribution >= 0.6 is 35.6 Å². The molecule has 1 aliphatic rings. The smallest absolute Gasteiger partial charge is 0.191 e. The predicted octanol–water partition coefficient (Wildman–Crippen LogP) is 4.28. The van der Waals surface area contributed by atoms with Gasteiger partial charge in [0.05, 0.1) is 10.5 Å². The molecule has 3 aromatic rings. The Morgan fingerprint density at radius 3 is 2.81 bits per heavy atom. The molecular weight excluding hydrogens is 523 g/mol. The number of aliphatic imine (C=N–C) groups is 1. The lowest BCUT2D eigenvalue weighted by atomic mass is 10.1. The van der Waals surface area contributed by atoms with Gasteiger partial charge in [-0.25, -0.2) is 4.98 Å². The normalized spacial score (nSPS) is 16.3. The molecule has 4 rings (SSSR count). The lowest BCUT2D eigenvalue weighted by Crippen LogP contribution is -2.44. The van der Waals surface area contributed by atoms with E-state index < -0.39 is 0 Å². The Morgan fingerprint density at radius 1 is 1.16 bits per heavy atom. The number of hydrogen-bond acceptors (Lipinski definition) is 4. The van der Waals surface area contributed by atoms with E-state index in [1.54, 1.807) is 6.20 Å². The van der Waals surface area contributed by atoms with Crippen LogP contribution in [-0.2, 0) is 6.42 Å². The largest absolute Gasteiger partial charge is 0.357 e. The summed E-state index contributed by atoms with van der Waals surface area (Å²) in [6, 6.07) is 14.4. The molecule has 1 aromatic carbocycles. The van der Waals surface area contributed by atoms with Crippen LogP contribution in [-0.4, -0.2) is 48.1 Å². The first-order valence-corrected chi connectivity index (χ1v) is 10.9. The summed E-state index contributed by atoms with van der Waals surface area (Å²) in [4.78, 5) is 16.0. The molecule has 3 heterocycles. The predicted molar refractivity (Wildman–Crippen MR) is 140 cm³/mol. The number of benzene rings is 1. The van der Waals surface area contributed by atoms with Crippen molar-refractivity contribution in [3.63, 3.8) is 0 Å². The average Bonchev–Trinajstić information content (AvgIpc) is 3.22. The maximum atomic E-state index is 6.31. The maximum Gasteiger partial charge on any atom is 0.191 e. The van der Waals surface area contributed by atoms with Crippen molar-refractivity contribution in [3.05, 3.63) is 65.4 Å². The molecule has 0 radical (unpaired) electrons. The molecule has 6 nitrogen and oxygen atoms in total. The number of nitrogens with zero attached hydrogens (tertiary/aromatic N) is 4. The van der Waals surface area contributed by atoms with E-state index in [-0.39, 0.29) is 24.0 Å². The number of rotatable bonds is 6. The molecule has 8 heteroatoms. The van der Waals surface area contributed by atoms with E-state index in [1.165, 1.54) is 10.9 Å². The molecule has 1 saturated heterocycles. The summed E-state index contributed by atoms with van der Waals surface area (Å²) in [5.41, 5.74) is 2.29. The number of fused-ring (bicyclic) bond motifs is 1. The van der Waals surface area contributed by atoms with Gasteiger partial charge in [-0.2, -0.15) is 0 Å². The molecule has 1 aliphatic heterocycles. The minimum Gasteiger partial charge on any atom is -0.357 e. The zero-order valence-electron chi connectivity index (χ0n) is 17.6. The second kappa shape index (κ2) is 11.5. The van der Waals surface area contributed by atoms with Gasteiger partial charge in [-0.15, -0.1) is 24.0 Å². The van der Waals surface area contributed by atoms with E-state index >= 15 is 0 Å². The fraction of sp³-hybridized carbons (Fsp3) is 0.348. The van der Waals surface area contributed by atoms with Gasteiger partial charge in [0.25, 0.3) is 0 Å². The summed E-state index contributed by atoms with van der Waals surface area (Å²) in [5, 5.41) is 8.80. The summed E-state index contributed by atoms with van der Waals surface area (Å²) >= 11 is 6.31. The number of hydrogen-bond donors (Lipinski definition) is 2. The van der Waals surface area contributed by atoms with Gasteiger partial charge >= 0.3 is 0 Å². The number of halogens is 2. The van der Waals surface area contributed by atoms with Gasteiger partial charge in [0.2, 0.25) is 0 Å². The van der Waals surface area contributed by atoms with E-state index in [0.717, 1.165) is 49.8 Å². The summed E-state index contributed by atoms with van der Waals surface area (Å²) in [5.74, 6) is 1.71. The quantitative estimate of drug-likeness (QED) is 0.273. The highest BCUT2D eigenvalue weighted by Crippen LogP contribution is 2.25. The van der Waals surface area contributed by atoms with Gasteiger partial charge in [-0.05, 0) is 43.5 Å². The second-order valence-corrected chi connectivity index (χ2v) is 7.79. The third kappa shape index (κ3) is 5.98. The van der Waals surface area contributed by atoms with Crippen LogP contribution in [0, 0.1) is 0 Å². The maximum absolute atomic E-state index is 6.31. The molecule has 0 bridgehead atoms. The van der Waals surface area contributed by atoms with Gasteiger partial charge in [-0.1, -0.05) is 35.9 Å². The van der Waals surface area contributed by atoms with Crippen molar-refractivity contribution in [1.29, 1.82) is 0 Å². The van der Waals surface area contributed by atoms with Crippen molar-refractivity contribution in [2.24, 2.45) is 4.99 Å². The Hall–Kier alpha value is -2.13. The van der Waals surface area contributed by atoms with Crippen LogP contribution in [0.2, 0.25) is 5.02 Å². The van der Waals surface area contributed by atoms with Crippen molar-refractivity contribution in [3.8, 4) is 0 Å².